The van der Waals surface area contributed by atoms with Gasteiger partial charge in [0.15, 0.2) is 0 Å². The van der Waals surface area contributed by atoms with Crippen molar-refractivity contribution in [1.29, 1.82) is 0 Å². The lowest BCUT2D eigenvalue weighted by atomic mass is 10.1. The molecule has 1 N–H and O–H groups in total. The van der Waals surface area contributed by atoms with Crippen LogP contribution >= 0.6 is 0 Å². The van der Waals surface area contributed by atoms with E-state index in [2.05, 4.69) is 0 Å². The van der Waals surface area contributed by atoms with Crippen LogP contribution in [0, 0.1) is 5.82 Å². The molecule has 0 aliphatic heterocycles. The lowest BCUT2D eigenvalue weighted by Crippen LogP contribution is -2.40. The average Bonchev–Trinajstić information content (AvgIpc) is 3.10. The number of fused-ring (bicyclic) bond motifs is 1. The summed E-state index contributed by atoms with van der Waals surface area (Å²) in [7, 11) is -1.13. The zero-order chi connectivity index (χ0) is 22.6. The topological polar surface area (TPSA) is 88.8 Å². The van der Waals surface area contributed by atoms with Gasteiger partial charge in [0.25, 0.3) is 0 Å². The van der Waals surface area contributed by atoms with Gasteiger partial charge >= 0.3 is 5.97 Å². The Labute approximate surface area is 180 Å². The number of para-hydroxylation sites is 1. The predicted octanol–water partition coefficient (Wildman–Crippen LogP) is 2.57. The third-order valence-corrected chi connectivity index (χ3v) is 7.23. The molecule has 0 amide bonds. The fourth-order valence-corrected chi connectivity index (χ4v) is 4.95. The second-order valence-corrected chi connectivity index (χ2v) is 9.22. The first kappa shape index (κ1) is 22.9. The minimum Gasteiger partial charge on any atom is -0.469 e. The third-order valence-electron chi connectivity index (χ3n) is 5.31. The number of likely N-dealkylation sites (N-methyl/N-ethyl adjacent to an activating group) is 1. The summed E-state index contributed by atoms with van der Waals surface area (Å²) < 4.78 is 47.2. The van der Waals surface area contributed by atoms with E-state index < -0.39 is 21.9 Å². The highest BCUT2D eigenvalue weighted by atomic mass is 32.2. The molecule has 1 heterocycles. The Kier molecular flexibility index (Phi) is 7.09. The molecule has 0 aliphatic rings. The largest absolute Gasteiger partial charge is 0.469 e. The first-order valence-electron chi connectivity index (χ1n) is 9.76. The minimum absolute atomic E-state index is 0.0249. The summed E-state index contributed by atoms with van der Waals surface area (Å²) in [5.74, 6) is -0.892. The molecule has 166 valence electrons. The van der Waals surface area contributed by atoms with Gasteiger partial charge in [-0.15, -0.1) is 0 Å². The van der Waals surface area contributed by atoms with Gasteiger partial charge < -0.3 is 14.4 Å². The average molecular weight is 449 g/mol. The summed E-state index contributed by atoms with van der Waals surface area (Å²) in [6.45, 7) is 0.0569. The van der Waals surface area contributed by atoms with Crippen LogP contribution in [0.25, 0.3) is 10.9 Å². The number of rotatable bonds is 9. The molecule has 0 spiro atoms. The van der Waals surface area contributed by atoms with E-state index in [9.17, 15) is 22.7 Å². The Balaban J connectivity index is 1.95. The first-order chi connectivity index (χ1) is 14.8. The number of aromatic nitrogens is 1. The van der Waals surface area contributed by atoms with Crippen molar-refractivity contribution < 1.29 is 27.4 Å². The van der Waals surface area contributed by atoms with Crippen molar-refractivity contribution in [1.82, 2.24) is 8.87 Å². The van der Waals surface area contributed by atoms with E-state index in [1.54, 1.807) is 0 Å². The van der Waals surface area contributed by atoms with Crippen molar-refractivity contribution >= 4 is 26.9 Å². The summed E-state index contributed by atoms with van der Waals surface area (Å²) in [5.41, 5.74) is 1.62. The standard InChI is InChI=1S/C22H25FN2O5S/c1-24(31(28,29)19-9-7-17(23)8-10-19)18(11-12-26)15-25-14-16(13-22(27)30-2)20-5-3-4-6-21(20)25/h3-10,14,18,26H,11-13,15H2,1-2H3. The van der Waals surface area contributed by atoms with Crippen LogP contribution in [0.3, 0.4) is 0 Å². The molecule has 1 unspecified atom stereocenters. The highest BCUT2D eigenvalue weighted by molar-refractivity contribution is 7.89. The van der Waals surface area contributed by atoms with Crippen LogP contribution in [-0.4, -0.2) is 55.2 Å². The SMILES string of the molecule is COC(=O)Cc1cn(CC(CCO)N(C)S(=O)(=O)c2ccc(F)cc2)c2ccccc12. The molecule has 0 saturated heterocycles. The van der Waals surface area contributed by atoms with Crippen LogP contribution in [-0.2, 0) is 32.5 Å². The van der Waals surface area contributed by atoms with Gasteiger partial charge in [0.2, 0.25) is 10.0 Å². The van der Waals surface area contributed by atoms with E-state index in [4.69, 9.17) is 4.74 Å². The van der Waals surface area contributed by atoms with Crippen LogP contribution in [0.2, 0.25) is 0 Å². The molecular formula is C22H25FN2O5S. The number of aliphatic hydroxyl groups is 1. The Morgan fingerprint density at radius 2 is 1.87 bits per heavy atom. The van der Waals surface area contributed by atoms with E-state index in [1.807, 2.05) is 35.0 Å². The van der Waals surface area contributed by atoms with Crippen molar-refractivity contribution in [3.05, 3.63) is 66.1 Å². The number of carbonyl (C=O) groups excluding carboxylic acids is 1. The van der Waals surface area contributed by atoms with Gasteiger partial charge in [-0.05, 0) is 42.3 Å². The van der Waals surface area contributed by atoms with E-state index >= 15 is 0 Å². The van der Waals surface area contributed by atoms with Crippen molar-refractivity contribution in [3.63, 3.8) is 0 Å². The lowest BCUT2D eigenvalue weighted by molar-refractivity contribution is -0.139. The predicted molar refractivity (Wildman–Crippen MR) is 114 cm³/mol. The number of halogens is 1. The van der Waals surface area contributed by atoms with Gasteiger partial charge in [0, 0.05) is 43.3 Å². The fraction of sp³-hybridized carbons (Fsp3) is 0.318. The molecular weight excluding hydrogens is 423 g/mol. The summed E-state index contributed by atoms with van der Waals surface area (Å²) in [6, 6.07) is 11.6. The smallest absolute Gasteiger partial charge is 0.310 e. The van der Waals surface area contributed by atoms with Crippen LogP contribution in [0.1, 0.15) is 12.0 Å². The van der Waals surface area contributed by atoms with Gasteiger partial charge in [0.05, 0.1) is 18.4 Å². The molecule has 9 heteroatoms. The van der Waals surface area contributed by atoms with Crippen LogP contribution in [0.5, 0.6) is 0 Å². The van der Waals surface area contributed by atoms with Crippen molar-refractivity contribution in [2.45, 2.75) is 30.3 Å². The zero-order valence-electron chi connectivity index (χ0n) is 17.4. The number of esters is 1. The maximum atomic E-state index is 13.2. The van der Waals surface area contributed by atoms with Crippen LogP contribution in [0.4, 0.5) is 4.39 Å². The first-order valence-corrected chi connectivity index (χ1v) is 11.2. The maximum absolute atomic E-state index is 13.2. The van der Waals surface area contributed by atoms with Crippen molar-refractivity contribution in [2.24, 2.45) is 0 Å². The third kappa shape index (κ3) is 4.95. The summed E-state index contributed by atoms with van der Waals surface area (Å²) in [5, 5.41) is 10.4. The van der Waals surface area contributed by atoms with Gasteiger partial charge in [-0.1, -0.05) is 18.2 Å². The second-order valence-electron chi connectivity index (χ2n) is 7.22. The summed E-state index contributed by atoms with van der Waals surface area (Å²) >= 11 is 0. The van der Waals surface area contributed by atoms with Crippen LogP contribution in [0.15, 0.2) is 59.6 Å². The monoisotopic (exact) mass is 448 g/mol. The Bertz CT molecular complexity index is 1160. The highest BCUT2D eigenvalue weighted by Gasteiger charge is 2.28. The highest BCUT2D eigenvalue weighted by Crippen LogP contribution is 2.25. The second kappa shape index (κ2) is 9.59. The molecule has 3 rings (SSSR count). The van der Waals surface area contributed by atoms with Gasteiger partial charge in [-0.25, -0.2) is 12.8 Å². The number of hydrogen-bond donors (Lipinski definition) is 1. The molecule has 1 atom stereocenters. The van der Waals surface area contributed by atoms with Crippen LogP contribution < -0.4 is 0 Å². The minimum atomic E-state index is -3.90. The molecule has 31 heavy (non-hydrogen) atoms. The number of hydrogen-bond acceptors (Lipinski definition) is 5. The molecule has 2 aromatic carbocycles. The quantitative estimate of drug-likeness (QED) is 0.509. The van der Waals surface area contributed by atoms with Gasteiger partial charge in [-0.2, -0.15) is 4.31 Å². The summed E-state index contributed by atoms with van der Waals surface area (Å²) in [4.78, 5) is 11.8. The number of carbonyl (C=O) groups is 1. The normalized spacial score (nSPS) is 12.9. The molecule has 0 aliphatic carbocycles. The van der Waals surface area contributed by atoms with Gasteiger partial charge in [0.1, 0.15) is 5.82 Å². The Morgan fingerprint density at radius 1 is 1.19 bits per heavy atom. The molecule has 0 fully saturated rings. The molecule has 7 nitrogen and oxygen atoms in total. The summed E-state index contributed by atoms with van der Waals surface area (Å²) in [6.07, 6.45) is 2.11. The number of methoxy groups -OCH3 is 1. The van der Waals surface area contributed by atoms with E-state index in [1.165, 1.54) is 30.6 Å². The molecule has 1 aromatic heterocycles. The number of nitrogens with zero attached hydrogens (tertiary/aromatic N) is 2. The Morgan fingerprint density at radius 3 is 2.52 bits per heavy atom. The number of ether oxygens (including phenoxy) is 1. The van der Waals surface area contributed by atoms with E-state index in [0.717, 1.165) is 28.6 Å². The van der Waals surface area contributed by atoms with Crippen molar-refractivity contribution in [3.8, 4) is 0 Å². The van der Waals surface area contributed by atoms with Crippen molar-refractivity contribution in [2.75, 3.05) is 20.8 Å². The maximum Gasteiger partial charge on any atom is 0.310 e. The molecule has 0 bridgehead atoms. The number of benzene rings is 2. The van der Waals surface area contributed by atoms with E-state index in [-0.39, 0.29) is 36.9 Å². The lowest BCUT2D eigenvalue weighted by Gasteiger charge is -2.28. The number of sulfonamides is 1. The zero-order valence-corrected chi connectivity index (χ0v) is 18.2. The van der Waals surface area contributed by atoms with Gasteiger partial charge in [-0.3, -0.25) is 4.79 Å². The fourth-order valence-electron chi connectivity index (χ4n) is 3.58. The molecule has 0 radical (unpaired) electrons. The molecule has 0 saturated carbocycles. The number of aliphatic hydroxyl groups excluding tert-OH is 1. The molecule has 3 aromatic rings. The Hall–Kier alpha value is -2.75. The van der Waals surface area contributed by atoms with E-state index in [0.29, 0.717) is 0 Å².